The molecule has 1 atom stereocenters. The minimum atomic E-state index is 0.273. The molecule has 2 heterocycles. The van der Waals surface area contributed by atoms with E-state index in [4.69, 9.17) is 33.0 Å². The third kappa shape index (κ3) is 4.70. The van der Waals surface area contributed by atoms with Gasteiger partial charge in [-0.05, 0) is 61.5 Å². The van der Waals surface area contributed by atoms with Gasteiger partial charge in [-0.1, -0.05) is 11.6 Å². The quantitative estimate of drug-likeness (QED) is 0.804. The summed E-state index contributed by atoms with van der Waals surface area (Å²) in [7, 11) is 0. The van der Waals surface area contributed by atoms with E-state index in [0.717, 1.165) is 43.1 Å². The molecule has 0 unspecified atom stereocenters. The van der Waals surface area contributed by atoms with Crippen LogP contribution < -0.4 is 10.6 Å². The van der Waals surface area contributed by atoms with Crippen molar-refractivity contribution in [2.45, 2.75) is 25.5 Å². The van der Waals surface area contributed by atoms with Crippen molar-refractivity contribution in [2.24, 2.45) is 0 Å². The van der Waals surface area contributed by atoms with Crippen LogP contribution in [0, 0.1) is 0 Å². The Morgan fingerprint density at radius 2 is 2.00 bits per heavy atom. The zero-order valence-electron chi connectivity index (χ0n) is 12.7. The standard InChI is InChI=1S/C17H19ClN2O2S/c18-13-5-3-12(4-6-13)16-8-7-15(22-16)11-20-17(23)19-10-14-2-1-9-21-14/h3-8,14H,1-2,9-11H2,(H2,19,20,23)/t14-/m1/s1. The number of benzene rings is 1. The topological polar surface area (TPSA) is 46.4 Å². The average molecular weight is 351 g/mol. The highest BCUT2D eigenvalue weighted by molar-refractivity contribution is 7.80. The zero-order chi connectivity index (χ0) is 16.1. The number of halogens is 1. The molecule has 0 radical (unpaired) electrons. The van der Waals surface area contributed by atoms with E-state index in [1.54, 1.807) is 0 Å². The highest BCUT2D eigenvalue weighted by Gasteiger charge is 2.15. The molecule has 1 saturated heterocycles. The normalized spacial score (nSPS) is 17.2. The van der Waals surface area contributed by atoms with Crippen LogP contribution in [0.4, 0.5) is 0 Å². The summed E-state index contributed by atoms with van der Waals surface area (Å²) in [6.07, 6.45) is 2.50. The Kier molecular flexibility index (Phi) is 5.54. The summed E-state index contributed by atoms with van der Waals surface area (Å²) in [6.45, 7) is 2.15. The van der Waals surface area contributed by atoms with Crippen molar-refractivity contribution < 1.29 is 9.15 Å². The average Bonchev–Trinajstić information content (AvgIpc) is 3.23. The van der Waals surface area contributed by atoms with Gasteiger partial charge in [0.1, 0.15) is 11.5 Å². The van der Waals surface area contributed by atoms with Gasteiger partial charge in [-0.3, -0.25) is 0 Å². The number of furan rings is 1. The molecule has 1 aromatic carbocycles. The first-order valence-electron chi connectivity index (χ1n) is 7.68. The van der Waals surface area contributed by atoms with Gasteiger partial charge in [-0.25, -0.2) is 0 Å². The number of hydrogen-bond donors (Lipinski definition) is 2. The molecule has 1 aliphatic rings. The van der Waals surface area contributed by atoms with Gasteiger partial charge in [-0.15, -0.1) is 0 Å². The van der Waals surface area contributed by atoms with Gasteiger partial charge in [0, 0.05) is 23.7 Å². The molecule has 6 heteroatoms. The van der Waals surface area contributed by atoms with E-state index in [0.29, 0.717) is 16.7 Å². The van der Waals surface area contributed by atoms with Crippen molar-refractivity contribution in [1.29, 1.82) is 0 Å². The summed E-state index contributed by atoms with van der Waals surface area (Å²) in [5, 5.41) is 7.65. The summed E-state index contributed by atoms with van der Waals surface area (Å²) in [6, 6.07) is 11.5. The van der Waals surface area contributed by atoms with E-state index in [1.807, 2.05) is 36.4 Å². The van der Waals surface area contributed by atoms with Crippen LogP contribution in [0.1, 0.15) is 18.6 Å². The second kappa shape index (κ2) is 7.81. The molecule has 2 N–H and O–H groups in total. The van der Waals surface area contributed by atoms with E-state index in [9.17, 15) is 0 Å². The third-order valence-electron chi connectivity index (χ3n) is 3.73. The third-order valence-corrected chi connectivity index (χ3v) is 4.27. The van der Waals surface area contributed by atoms with Gasteiger partial charge in [0.2, 0.25) is 0 Å². The van der Waals surface area contributed by atoms with Crippen LogP contribution in [0.2, 0.25) is 5.02 Å². The molecule has 0 bridgehead atoms. The SMILES string of the molecule is S=C(NCc1ccc(-c2ccc(Cl)cc2)o1)NC[C@H]1CCCO1. The van der Waals surface area contributed by atoms with Gasteiger partial charge < -0.3 is 19.8 Å². The number of thiocarbonyl (C=S) groups is 1. The molecule has 1 aliphatic heterocycles. The van der Waals surface area contributed by atoms with Crippen LogP contribution in [-0.2, 0) is 11.3 Å². The first-order valence-corrected chi connectivity index (χ1v) is 8.47. The van der Waals surface area contributed by atoms with Crippen molar-refractivity contribution in [3.05, 3.63) is 47.2 Å². The zero-order valence-corrected chi connectivity index (χ0v) is 14.3. The summed E-state index contributed by atoms with van der Waals surface area (Å²) in [5.41, 5.74) is 1.000. The monoisotopic (exact) mass is 350 g/mol. The lowest BCUT2D eigenvalue weighted by Gasteiger charge is -2.13. The molecule has 0 saturated carbocycles. The molecule has 0 spiro atoms. The van der Waals surface area contributed by atoms with E-state index in [-0.39, 0.29) is 6.10 Å². The van der Waals surface area contributed by atoms with Gasteiger partial charge in [0.05, 0.1) is 12.6 Å². The summed E-state index contributed by atoms with van der Waals surface area (Å²) in [4.78, 5) is 0. The molecular weight excluding hydrogens is 332 g/mol. The molecular formula is C17H19ClN2O2S. The molecule has 23 heavy (non-hydrogen) atoms. The van der Waals surface area contributed by atoms with Crippen molar-refractivity contribution in [3.63, 3.8) is 0 Å². The van der Waals surface area contributed by atoms with Crippen LogP contribution in [-0.4, -0.2) is 24.4 Å². The van der Waals surface area contributed by atoms with E-state index >= 15 is 0 Å². The fourth-order valence-corrected chi connectivity index (χ4v) is 2.77. The Balaban J connectivity index is 1.47. The lowest BCUT2D eigenvalue weighted by Crippen LogP contribution is -2.38. The van der Waals surface area contributed by atoms with Crippen LogP contribution in [0.5, 0.6) is 0 Å². The predicted octanol–water partition coefficient (Wildman–Crippen LogP) is 3.74. The van der Waals surface area contributed by atoms with Gasteiger partial charge in [-0.2, -0.15) is 0 Å². The summed E-state index contributed by atoms with van der Waals surface area (Å²) < 4.78 is 11.4. The van der Waals surface area contributed by atoms with Crippen LogP contribution in [0.15, 0.2) is 40.8 Å². The second-order valence-electron chi connectivity index (χ2n) is 5.47. The minimum absolute atomic E-state index is 0.273. The second-order valence-corrected chi connectivity index (χ2v) is 6.32. The van der Waals surface area contributed by atoms with Crippen LogP contribution in [0.3, 0.4) is 0 Å². The van der Waals surface area contributed by atoms with E-state index in [1.165, 1.54) is 0 Å². The first-order chi connectivity index (χ1) is 11.2. The van der Waals surface area contributed by atoms with Crippen molar-refractivity contribution in [1.82, 2.24) is 10.6 Å². The summed E-state index contributed by atoms with van der Waals surface area (Å²) >= 11 is 11.2. The highest BCUT2D eigenvalue weighted by atomic mass is 35.5. The van der Waals surface area contributed by atoms with Gasteiger partial charge >= 0.3 is 0 Å². The lowest BCUT2D eigenvalue weighted by molar-refractivity contribution is 0.114. The van der Waals surface area contributed by atoms with Crippen molar-refractivity contribution >= 4 is 28.9 Å². The van der Waals surface area contributed by atoms with Gasteiger partial charge in [0.25, 0.3) is 0 Å². The molecule has 4 nitrogen and oxygen atoms in total. The Hall–Kier alpha value is -1.56. The highest BCUT2D eigenvalue weighted by Crippen LogP contribution is 2.23. The maximum atomic E-state index is 5.89. The van der Waals surface area contributed by atoms with Crippen molar-refractivity contribution in [3.8, 4) is 11.3 Å². The predicted molar refractivity (Wildman–Crippen MR) is 95.6 cm³/mol. The Morgan fingerprint density at radius 3 is 2.74 bits per heavy atom. The van der Waals surface area contributed by atoms with Crippen LogP contribution >= 0.6 is 23.8 Å². The largest absolute Gasteiger partial charge is 0.459 e. The molecule has 3 rings (SSSR count). The summed E-state index contributed by atoms with van der Waals surface area (Å²) in [5.74, 6) is 1.65. The Labute approximate surface area is 146 Å². The lowest BCUT2D eigenvalue weighted by atomic mass is 10.2. The van der Waals surface area contributed by atoms with Crippen molar-refractivity contribution in [2.75, 3.05) is 13.2 Å². The van der Waals surface area contributed by atoms with E-state index in [2.05, 4.69) is 10.6 Å². The Morgan fingerprint density at radius 1 is 1.17 bits per heavy atom. The number of hydrogen-bond acceptors (Lipinski definition) is 3. The fraction of sp³-hybridized carbons (Fsp3) is 0.353. The maximum absolute atomic E-state index is 5.89. The molecule has 1 fully saturated rings. The maximum Gasteiger partial charge on any atom is 0.166 e. The molecule has 2 aromatic rings. The van der Waals surface area contributed by atoms with Crippen LogP contribution in [0.25, 0.3) is 11.3 Å². The number of nitrogens with one attached hydrogen (secondary N) is 2. The fourth-order valence-electron chi connectivity index (χ4n) is 2.48. The van der Waals surface area contributed by atoms with Gasteiger partial charge in [0.15, 0.2) is 5.11 Å². The molecule has 122 valence electrons. The number of rotatable bonds is 5. The molecule has 0 aliphatic carbocycles. The minimum Gasteiger partial charge on any atom is -0.459 e. The molecule has 1 aromatic heterocycles. The smallest absolute Gasteiger partial charge is 0.166 e. The molecule has 0 amide bonds. The number of ether oxygens (including phenoxy) is 1. The van der Waals surface area contributed by atoms with E-state index < -0.39 is 0 Å². The Bertz CT molecular complexity index is 651. The first kappa shape index (κ1) is 16.3.